The van der Waals surface area contributed by atoms with Gasteiger partial charge in [-0.25, -0.2) is 8.42 Å². The van der Waals surface area contributed by atoms with E-state index in [1.165, 1.54) is 27.8 Å². The summed E-state index contributed by atoms with van der Waals surface area (Å²) < 4.78 is 32.7. The fourth-order valence-corrected chi connectivity index (χ4v) is 5.85. The molecule has 0 saturated carbocycles. The summed E-state index contributed by atoms with van der Waals surface area (Å²) in [5.41, 5.74) is 2.48. The van der Waals surface area contributed by atoms with Crippen molar-refractivity contribution in [1.82, 2.24) is 9.62 Å². The van der Waals surface area contributed by atoms with Crippen LogP contribution in [0.25, 0.3) is 0 Å². The lowest BCUT2D eigenvalue weighted by Gasteiger charge is -2.26. The number of benzene rings is 2. The molecule has 8 nitrogen and oxygen atoms in total. The van der Waals surface area contributed by atoms with E-state index < -0.39 is 16.1 Å². The van der Waals surface area contributed by atoms with E-state index >= 15 is 0 Å². The maximum Gasteiger partial charge on any atom is 0.243 e. The van der Waals surface area contributed by atoms with E-state index in [9.17, 15) is 18.0 Å². The number of nitrogens with one attached hydrogen (secondary N) is 1. The van der Waals surface area contributed by atoms with Gasteiger partial charge < -0.3 is 10.1 Å². The number of anilines is 1. The second-order valence-electron chi connectivity index (χ2n) is 8.30. The molecule has 0 radical (unpaired) electrons. The highest BCUT2D eigenvalue weighted by atomic mass is 32.2. The van der Waals surface area contributed by atoms with Gasteiger partial charge in [-0.1, -0.05) is 30.3 Å². The zero-order valence-corrected chi connectivity index (χ0v) is 19.5. The molecule has 2 aliphatic heterocycles. The molecule has 2 aromatic rings. The molecular formula is C24H29N3O5S. The SMILES string of the molecule is CC(=O)N1c2ccc(S(=O)(=O)N3CCOCC3)cc2CC1C(=O)NCCCc1ccccc1. The zero-order chi connectivity index (χ0) is 23.4. The van der Waals surface area contributed by atoms with Gasteiger partial charge in [0.25, 0.3) is 0 Å². The van der Waals surface area contributed by atoms with Crippen LogP contribution in [-0.4, -0.2) is 63.4 Å². The van der Waals surface area contributed by atoms with Crippen molar-refractivity contribution in [1.29, 1.82) is 0 Å². The Bertz CT molecular complexity index is 1110. The van der Waals surface area contributed by atoms with Crippen molar-refractivity contribution in [3.8, 4) is 0 Å². The Labute approximate surface area is 194 Å². The van der Waals surface area contributed by atoms with E-state index in [-0.39, 0.29) is 23.1 Å². The van der Waals surface area contributed by atoms with Gasteiger partial charge in [0.15, 0.2) is 0 Å². The highest BCUT2D eigenvalue weighted by Gasteiger charge is 2.38. The van der Waals surface area contributed by atoms with E-state index in [1.807, 2.05) is 18.2 Å². The average molecular weight is 472 g/mol. The van der Waals surface area contributed by atoms with Crippen molar-refractivity contribution in [3.05, 3.63) is 59.7 Å². The zero-order valence-electron chi connectivity index (χ0n) is 18.7. The highest BCUT2D eigenvalue weighted by molar-refractivity contribution is 7.89. The molecule has 1 unspecified atom stereocenters. The number of morpholine rings is 1. The number of hydrogen-bond donors (Lipinski definition) is 1. The van der Waals surface area contributed by atoms with Gasteiger partial charge in [-0.3, -0.25) is 14.5 Å². The Kier molecular flexibility index (Phi) is 7.11. The summed E-state index contributed by atoms with van der Waals surface area (Å²) in [5, 5.41) is 2.94. The largest absolute Gasteiger partial charge is 0.379 e. The van der Waals surface area contributed by atoms with Crippen molar-refractivity contribution in [3.63, 3.8) is 0 Å². The van der Waals surface area contributed by atoms with Crippen LogP contribution >= 0.6 is 0 Å². The van der Waals surface area contributed by atoms with Gasteiger partial charge in [0.2, 0.25) is 21.8 Å². The molecule has 1 saturated heterocycles. The first-order valence-corrected chi connectivity index (χ1v) is 12.6. The van der Waals surface area contributed by atoms with E-state index in [0.29, 0.717) is 44.1 Å². The molecule has 2 amide bonds. The van der Waals surface area contributed by atoms with Gasteiger partial charge in [0.1, 0.15) is 6.04 Å². The van der Waals surface area contributed by atoms with Crippen LogP contribution in [-0.2, 0) is 37.2 Å². The summed E-state index contributed by atoms with van der Waals surface area (Å²) in [6, 6.07) is 14.1. The third-order valence-electron chi connectivity index (χ3n) is 6.07. The van der Waals surface area contributed by atoms with Crippen molar-refractivity contribution >= 4 is 27.5 Å². The number of rotatable bonds is 7. The van der Waals surface area contributed by atoms with E-state index in [1.54, 1.807) is 12.1 Å². The molecule has 1 fully saturated rings. The second kappa shape index (κ2) is 10.0. The first-order chi connectivity index (χ1) is 15.9. The van der Waals surface area contributed by atoms with Gasteiger partial charge in [0, 0.05) is 38.7 Å². The van der Waals surface area contributed by atoms with E-state index in [0.717, 1.165) is 12.8 Å². The molecule has 176 valence electrons. The fourth-order valence-electron chi connectivity index (χ4n) is 4.39. The topological polar surface area (TPSA) is 96.0 Å². The number of amides is 2. The van der Waals surface area contributed by atoms with Crippen molar-refractivity contribution in [2.75, 3.05) is 37.7 Å². The minimum Gasteiger partial charge on any atom is -0.379 e. The maximum atomic E-state index is 13.0. The second-order valence-corrected chi connectivity index (χ2v) is 10.2. The number of carbonyl (C=O) groups excluding carboxylic acids is 2. The molecule has 0 spiro atoms. The summed E-state index contributed by atoms with van der Waals surface area (Å²) in [6.45, 7) is 3.29. The van der Waals surface area contributed by atoms with Gasteiger partial charge in [-0.2, -0.15) is 4.31 Å². The Morgan fingerprint density at radius 1 is 1.09 bits per heavy atom. The number of aryl methyl sites for hydroxylation is 1. The molecule has 9 heteroatoms. The predicted molar refractivity (Wildman–Crippen MR) is 124 cm³/mol. The van der Waals surface area contributed by atoms with E-state index in [2.05, 4.69) is 17.4 Å². The number of carbonyl (C=O) groups is 2. The third kappa shape index (κ3) is 5.10. The minimum absolute atomic E-state index is 0.176. The van der Waals surface area contributed by atoms with Crippen LogP contribution in [0.3, 0.4) is 0 Å². The van der Waals surface area contributed by atoms with Crippen LogP contribution in [0.2, 0.25) is 0 Å². The molecule has 33 heavy (non-hydrogen) atoms. The minimum atomic E-state index is -3.65. The van der Waals surface area contributed by atoms with Gasteiger partial charge in [0.05, 0.1) is 18.1 Å². The van der Waals surface area contributed by atoms with Crippen molar-refractivity contribution in [2.24, 2.45) is 0 Å². The lowest BCUT2D eigenvalue weighted by molar-refractivity contribution is -0.125. The maximum absolute atomic E-state index is 13.0. The number of hydrogen-bond acceptors (Lipinski definition) is 5. The van der Waals surface area contributed by atoms with Crippen LogP contribution in [0.1, 0.15) is 24.5 Å². The lowest BCUT2D eigenvalue weighted by atomic mass is 10.1. The molecule has 4 rings (SSSR count). The molecule has 2 heterocycles. The molecule has 2 aromatic carbocycles. The fraction of sp³-hybridized carbons (Fsp3) is 0.417. The molecule has 0 bridgehead atoms. The Morgan fingerprint density at radius 3 is 2.52 bits per heavy atom. The Hall–Kier alpha value is -2.75. The van der Waals surface area contributed by atoms with E-state index in [4.69, 9.17) is 4.74 Å². The van der Waals surface area contributed by atoms with Crippen molar-refractivity contribution in [2.45, 2.75) is 37.1 Å². The summed E-state index contributed by atoms with van der Waals surface area (Å²) in [4.78, 5) is 26.9. The molecule has 0 aromatic heterocycles. The summed E-state index contributed by atoms with van der Waals surface area (Å²) in [7, 11) is -3.65. The number of sulfonamides is 1. The summed E-state index contributed by atoms with van der Waals surface area (Å²) in [5.74, 6) is -0.478. The standard InChI is InChI=1S/C24H29N3O5S/c1-18(28)27-22-10-9-21(33(30,31)26-12-14-32-15-13-26)16-20(22)17-23(27)24(29)25-11-5-8-19-6-3-2-4-7-19/h2-4,6-7,9-10,16,23H,5,8,11-15,17H2,1H3,(H,25,29). The molecule has 1 atom stereocenters. The highest BCUT2D eigenvalue weighted by Crippen LogP contribution is 2.35. The van der Waals surface area contributed by atoms with Gasteiger partial charge in [-0.05, 0) is 42.2 Å². The predicted octanol–water partition coefficient (Wildman–Crippen LogP) is 1.73. The third-order valence-corrected chi connectivity index (χ3v) is 7.96. The normalized spacial score (nSPS) is 18.7. The Morgan fingerprint density at radius 2 is 1.82 bits per heavy atom. The van der Waals surface area contributed by atoms with Crippen LogP contribution < -0.4 is 10.2 Å². The quantitative estimate of drug-likeness (QED) is 0.621. The van der Waals surface area contributed by atoms with Crippen LogP contribution in [0.15, 0.2) is 53.4 Å². The smallest absolute Gasteiger partial charge is 0.243 e. The average Bonchev–Trinajstić information content (AvgIpc) is 3.22. The first-order valence-electron chi connectivity index (χ1n) is 11.2. The number of ether oxygens (including phenoxy) is 1. The summed E-state index contributed by atoms with van der Waals surface area (Å²) >= 11 is 0. The van der Waals surface area contributed by atoms with Crippen LogP contribution in [0.5, 0.6) is 0 Å². The van der Waals surface area contributed by atoms with Gasteiger partial charge >= 0.3 is 0 Å². The molecule has 0 aliphatic carbocycles. The molecular weight excluding hydrogens is 442 g/mol. The Balaban J connectivity index is 1.44. The monoisotopic (exact) mass is 471 g/mol. The molecule has 2 aliphatic rings. The summed E-state index contributed by atoms with van der Waals surface area (Å²) in [6.07, 6.45) is 1.93. The number of nitrogens with zero attached hydrogens (tertiary/aromatic N) is 2. The van der Waals surface area contributed by atoms with Crippen molar-refractivity contribution < 1.29 is 22.7 Å². The van der Waals surface area contributed by atoms with Crippen LogP contribution in [0.4, 0.5) is 5.69 Å². The lowest BCUT2D eigenvalue weighted by Crippen LogP contribution is -2.47. The first kappa shape index (κ1) is 23.4. The van der Waals surface area contributed by atoms with Gasteiger partial charge in [-0.15, -0.1) is 0 Å². The number of fused-ring (bicyclic) bond motifs is 1. The molecule has 1 N–H and O–H groups in total. The van der Waals surface area contributed by atoms with Crippen LogP contribution in [0, 0.1) is 0 Å².